The predicted molar refractivity (Wildman–Crippen MR) is 132 cm³/mol. The van der Waals surface area contributed by atoms with E-state index >= 15 is 0 Å². The van der Waals surface area contributed by atoms with Gasteiger partial charge in [0.05, 0.1) is 4.90 Å². The van der Waals surface area contributed by atoms with E-state index in [1.807, 2.05) is 26.0 Å². The monoisotopic (exact) mass is 509 g/mol. The number of halogens is 1. The van der Waals surface area contributed by atoms with Gasteiger partial charge in [-0.2, -0.15) is 4.72 Å². The molecule has 186 valence electrons. The lowest BCUT2D eigenvalue weighted by Gasteiger charge is -2.28. The molecule has 0 unspecified atom stereocenters. The number of sulfonamides is 1. The minimum Gasteiger partial charge on any atom is -0.343 e. The van der Waals surface area contributed by atoms with Gasteiger partial charge in [-0.3, -0.25) is 14.8 Å². The molecule has 0 radical (unpaired) electrons. The van der Waals surface area contributed by atoms with Gasteiger partial charge in [0, 0.05) is 5.02 Å². The number of carbonyl (C=O) groups excluding carboxylic acids is 2. The van der Waals surface area contributed by atoms with Crippen LogP contribution in [-0.2, 0) is 19.6 Å². The molecule has 10 heteroatoms. The summed E-state index contributed by atoms with van der Waals surface area (Å²) in [7, 11) is -4.03. The quantitative estimate of drug-likeness (QED) is 0.271. The molecule has 0 aliphatic rings. The summed E-state index contributed by atoms with van der Waals surface area (Å²) in [6.45, 7) is 7.19. The van der Waals surface area contributed by atoms with Crippen LogP contribution in [0.3, 0.4) is 0 Å². The molecule has 2 aromatic carbocycles. The summed E-state index contributed by atoms with van der Waals surface area (Å²) in [5, 5.41) is 12.2. The summed E-state index contributed by atoms with van der Waals surface area (Å²) < 4.78 is 28.7. The van der Waals surface area contributed by atoms with Crippen molar-refractivity contribution in [2.75, 3.05) is 0 Å². The van der Waals surface area contributed by atoms with Gasteiger partial charge in [0.2, 0.25) is 15.9 Å². The second-order valence-electron chi connectivity index (χ2n) is 8.36. The highest BCUT2D eigenvalue weighted by molar-refractivity contribution is 7.89. The van der Waals surface area contributed by atoms with Crippen LogP contribution < -0.4 is 15.5 Å². The van der Waals surface area contributed by atoms with E-state index in [2.05, 4.69) is 10.0 Å². The molecule has 34 heavy (non-hydrogen) atoms. The third kappa shape index (κ3) is 7.02. The Balaban J connectivity index is 2.26. The Morgan fingerprint density at radius 3 is 1.79 bits per heavy atom. The summed E-state index contributed by atoms with van der Waals surface area (Å²) in [5.74, 6) is -2.01. The maximum atomic E-state index is 13.1. The first-order valence-electron chi connectivity index (χ1n) is 11.2. The van der Waals surface area contributed by atoms with Gasteiger partial charge >= 0.3 is 0 Å². The van der Waals surface area contributed by atoms with Crippen molar-refractivity contribution >= 4 is 33.4 Å². The molecule has 0 bridgehead atoms. The topological polar surface area (TPSA) is 125 Å². The number of rotatable bonds is 11. The van der Waals surface area contributed by atoms with E-state index in [0.29, 0.717) is 17.9 Å². The summed E-state index contributed by atoms with van der Waals surface area (Å²) in [4.78, 5) is 25.1. The van der Waals surface area contributed by atoms with Gasteiger partial charge in [0.15, 0.2) is 0 Å². The number of nitrogens with one attached hydrogen (secondary N) is 3. The van der Waals surface area contributed by atoms with Gasteiger partial charge in [-0.05, 0) is 47.2 Å². The molecule has 2 amide bonds. The Labute approximate surface area is 206 Å². The summed E-state index contributed by atoms with van der Waals surface area (Å²) >= 11 is 5.92. The van der Waals surface area contributed by atoms with E-state index in [4.69, 9.17) is 16.8 Å². The Morgan fingerprint density at radius 1 is 0.853 bits per heavy atom. The average Bonchev–Trinajstić information content (AvgIpc) is 2.84. The number of hydrogen-bond donors (Lipinski definition) is 4. The van der Waals surface area contributed by atoms with Crippen molar-refractivity contribution < 1.29 is 23.2 Å². The van der Waals surface area contributed by atoms with Gasteiger partial charge in [-0.15, -0.1) is 0 Å². The summed E-state index contributed by atoms with van der Waals surface area (Å²) in [5.41, 5.74) is 3.27. The average molecular weight is 510 g/mol. The van der Waals surface area contributed by atoms with Crippen LogP contribution in [0.25, 0.3) is 11.1 Å². The molecule has 4 N–H and O–H groups in total. The fourth-order valence-corrected chi connectivity index (χ4v) is 4.81. The van der Waals surface area contributed by atoms with Crippen molar-refractivity contribution in [1.82, 2.24) is 15.5 Å². The molecule has 0 aromatic heterocycles. The molecule has 4 atom stereocenters. The zero-order valence-electron chi connectivity index (χ0n) is 19.7. The van der Waals surface area contributed by atoms with E-state index in [-0.39, 0.29) is 16.7 Å². The van der Waals surface area contributed by atoms with Crippen LogP contribution in [0.1, 0.15) is 40.5 Å². The molecule has 0 aliphatic heterocycles. The van der Waals surface area contributed by atoms with Gasteiger partial charge in [0.1, 0.15) is 12.1 Å². The molecule has 2 rings (SSSR count). The number of hydroxylamine groups is 1. The van der Waals surface area contributed by atoms with Crippen LogP contribution in [0.15, 0.2) is 53.4 Å². The largest absolute Gasteiger partial charge is 0.343 e. The van der Waals surface area contributed by atoms with Crippen LogP contribution in [0, 0.1) is 11.8 Å². The molecule has 0 aliphatic carbocycles. The zero-order valence-corrected chi connectivity index (χ0v) is 21.3. The number of amides is 2. The smallest absolute Gasteiger partial charge is 0.266 e. The summed E-state index contributed by atoms with van der Waals surface area (Å²) in [6, 6.07) is 11.4. The van der Waals surface area contributed by atoms with Gasteiger partial charge in [-0.1, -0.05) is 76.4 Å². The molecule has 0 fully saturated rings. The minimum atomic E-state index is -4.03. The molecule has 2 aromatic rings. The maximum Gasteiger partial charge on any atom is 0.266 e. The molecule has 0 heterocycles. The van der Waals surface area contributed by atoms with Crippen molar-refractivity contribution in [1.29, 1.82) is 0 Å². The number of benzene rings is 2. The van der Waals surface area contributed by atoms with E-state index in [9.17, 15) is 18.0 Å². The van der Waals surface area contributed by atoms with Crippen LogP contribution in [0.4, 0.5) is 0 Å². The SMILES string of the molecule is CC[C@H](C)[C@H](NC(=O)[C@H](NS(=O)(=O)c1ccc(-c2ccc(Cl)cc2)cc1)[C@@H](C)CC)C(=O)NO. The lowest BCUT2D eigenvalue weighted by atomic mass is 9.95. The van der Waals surface area contributed by atoms with Crippen molar-refractivity contribution in [2.24, 2.45) is 11.8 Å². The van der Waals surface area contributed by atoms with Crippen molar-refractivity contribution in [3.05, 3.63) is 53.6 Å². The standard InChI is InChI=1S/C24H32ClN3O5S/c1-5-15(3)21(24(30)27-31)26-23(29)22(16(4)6-2)28-34(32,33)20-13-9-18(10-14-20)17-7-11-19(25)12-8-17/h7-16,21-22,28,31H,5-6H2,1-4H3,(H,26,29)(H,27,30)/t15-,16-,21-,22+/m0/s1. The first-order chi connectivity index (χ1) is 16.0. The first kappa shape index (κ1) is 27.8. The fraction of sp³-hybridized carbons (Fsp3) is 0.417. The van der Waals surface area contributed by atoms with Gasteiger partial charge < -0.3 is 5.32 Å². The highest BCUT2D eigenvalue weighted by atomic mass is 35.5. The van der Waals surface area contributed by atoms with Crippen LogP contribution in [0.2, 0.25) is 5.02 Å². The molecule has 8 nitrogen and oxygen atoms in total. The minimum absolute atomic E-state index is 0.0119. The molecule has 0 saturated heterocycles. The lowest BCUT2D eigenvalue weighted by Crippen LogP contribution is -2.57. The third-order valence-electron chi connectivity index (χ3n) is 6.02. The van der Waals surface area contributed by atoms with Crippen molar-refractivity contribution in [3.63, 3.8) is 0 Å². The Morgan fingerprint density at radius 2 is 1.32 bits per heavy atom. The van der Waals surface area contributed by atoms with E-state index < -0.39 is 33.9 Å². The maximum absolute atomic E-state index is 13.1. The fourth-order valence-electron chi connectivity index (χ4n) is 3.38. The number of hydrogen-bond acceptors (Lipinski definition) is 5. The second-order valence-corrected chi connectivity index (χ2v) is 10.5. The molecular weight excluding hydrogens is 478 g/mol. The Kier molecular flexibility index (Phi) is 10.1. The lowest BCUT2D eigenvalue weighted by molar-refractivity contribution is -0.136. The van der Waals surface area contributed by atoms with E-state index in [1.165, 1.54) is 12.1 Å². The van der Waals surface area contributed by atoms with E-state index in [0.717, 1.165) is 11.1 Å². The van der Waals surface area contributed by atoms with Crippen LogP contribution >= 0.6 is 11.6 Å². The third-order valence-corrected chi connectivity index (χ3v) is 7.73. The van der Waals surface area contributed by atoms with Gasteiger partial charge in [0.25, 0.3) is 5.91 Å². The first-order valence-corrected chi connectivity index (χ1v) is 13.0. The summed E-state index contributed by atoms with van der Waals surface area (Å²) in [6.07, 6.45) is 1.09. The van der Waals surface area contributed by atoms with Crippen molar-refractivity contribution in [2.45, 2.75) is 57.5 Å². The zero-order chi connectivity index (χ0) is 25.5. The van der Waals surface area contributed by atoms with Gasteiger partial charge in [-0.25, -0.2) is 13.9 Å². The molecular formula is C24H32ClN3O5S. The molecule has 0 saturated carbocycles. The Hall–Kier alpha value is -2.46. The normalized spacial score (nSPS) is 15.1. The molecule has 0 spiro atoms. The highest BCUT2D eigenvalue weighted by Gasteiger charge is 2.33. The highest BCUT2D eigenvalue weighted by Crippen LogP contribution is 2.23. The number of carbonyl (C=O) groups is 2. The van der Waals surface area contributed by atoms with Crippen LogP contribution in [-0.4, -0.2) is 37.5 Å². The predicted octanol–water partition coefficient (Wildman–Crippen LogP) is 3.74. The Bertz CT molecular complexity index is 1070. The van der Waals surface area contributed by atoms with Crippen molar-refractivity contribution in [3.8, 4) is 11.1 Å². The van der Waals surface area contributed by atoms with Crippen LogP contribution in [0.5, 0.6) is 0 Å². The second kappa shape index (κ2) is 12.3. The van der Waals surface area contributed by atoms with E-state index in [1.54, 1.807) is 43.6 Å².